The molecule has 1 unspecified atom stereocenters. The van der Waals surface area contributed by atoms with Crippen molar-refractivity contribution in [1.29, 1.82) is 0 Å². The quantitative estimate of drug-likeness (QED) is 0.559. The molecule has 0 bridgehead atoms. The number of aliphatic imine (C=N–C) groups is 1. The Hall–Kier alpha value is -1.20. The number of guanidine groups is 1. The Morgan fingerprint density at radius 2 is 1.92 bits per heavy atom. The molecule has 0 saturated carbocycles. The molecule has 4 nitrogen and oxygen atoms in total. The fourth-order valence-electron chi connectivity index (χ4n) is 3.22. The van der Waals surface area contributed by atoms with Crippen molar-refractivity contribution in [1.82, 2.24) is 15.5 Å². The average molecular weight is 377 g/mol. The summed E-state index contributed by atoms with van der Waals surface area (Å²) in [5, 5.41) is 7.06. The molecule has 2 rings (SSSR count). The van der Waals surface area contributed by atoms with Crippen LogP contribution in [0.5, 0.6) is 0 Å². The minimum Gasteiger partial charge on any atom is -0.357 e. The summed E-state index contributed by atoms with van der Waals surface area (Å²) in [5.41, 5.74) is 1.41. The maximum atomic E-state index is 4.81. The molecule has 1 aliphatic rings. The molecule has 1 heterocycles. The number of nitrogens with one attached hydrogen (secondary N) is 2. The van der Waals surface area contributed by atoms with Gasteiger partial charge in [0.05, 0.1) is 6.54 Å². The second kappa shape index (κ2) is 10.2. The molecule has 0 spiro atoms. The molecular weight excluding hydrogens is 340 g/mol. The molecule has 1 fully saturated rings. The zero-order valence-electron chi connectivity index (χ0n) is 17.1. The molecule has 2 N–H and O–H groups in total. The van der Waals surface area contributed by atoms with Gasteiger partial charge in [0.2, 0.25) is 0 Å². The van der Waals surface area contributed by atoms with Gasteiger partial charge in [0, 0.05) is 36.5 Å². The maximum Gasteiger partial charge on any atom is 0.191 e. The summed E-state index contributed by atoms with van der Waals surface area (Å²) >= 11 is 1.87. The van der Waals surface area contributed by atoms with Gasteiger partial charge in [-0.3, -0.25) is 9.89 Å². The van der Waals surface area contributed by atoms with Crippen molar-refractivity contribution in [3.63, 3.8) is 0 Å². The zero-order chi connectivity index (χ0) is 19.0. The van der Waals surface area contributed by atoms with Crippen LogP contribution in [-0.4, -0.2) is 54.1 Å². The lowest BCUT2D eigenvalue weighted by molar-refractivity contribution is 0.158. The Morgan fingerprint density at radius 1 is 1.27 bits per heavy atom. The van der Waals surface area contributed by atoms with Gasteiger partial charge in [0.25, 0.3) is 0 Å². The topological polar surface area (TPSA) is 39.7 Å². The first-order chi connectivity index (χ1) is 12.4. The molecule has 0 aromatic heterocycles. The second-order valence-electron chi connectivity index (χ2n) is 7.70. The van der Waals surface area contributed by atoms with E-state index in [1.54, 1.807) is 0 Å². The molecule has 1 atom stereocenters. The standard InChI is InChI=1S/C21H36N4S/c1-6-22-20(23-16-21(3,4)26-5)24-19-12-14-25(15-13-19)17(2)18-10-8-7-9-11-18/h7-11,17,19H,6,12-16H2,1-5H3,(H2,22,23,24). The van der Waals surface area contributed by atoms with Crippen molar-refractivity contribution >= 4 is 17.7 Å². The van der Waals surface area contributed by atoms with E-state index in [2.05, 4.69) is 79.8 Å². The van der Waals surface area contributed by atoms with Crippen LogP contribution in [0.4, 0.5) is 0 Å². The van der Waals surface area contributed by atoms with Crippen LogP contribution in [0.15, 0.2) is 35.3 Å². The van der Waals surface area contributed by atoms with Crippen LogP contribution >= 0.6 is 11.8 Å². The van der Waals surface area contributed by atoms with E-state index in [1.807, 2.05) is 11.8 Å². The second-order valence-corrected chi connectivity index (χ2v) is 9.21. The predicted octanol–water partition coefficient (Wildman–Crippen LogP) is 3.91. The Labute approximate surface area is 164 Å². The van der Waals surface area contributed by atoms with E-state index in [1.165, 1.54) is 5.56 Å². The Kier molecular flexibility index (Phi) is 8.29. The molecule has 1 saturated heterocycles. The number of thioether (sulfide) groups is 1. The molecular formula is C21H36N4S. The van der Waals surface area contributed by atoms with Gasteiger partial charge >= 0.3 is 0 Å². The molecule has 0 amide bonds. The van der Waals surface area contributed by atoms with Crippen LogP contribution < -0.4 is 10.6 Å². The normalized spacial score (nSPS) is 18.6. The monoisotopic (exact) mass is 376 g/mol. The highest BCUT2D eigenvalue weighted by Gasteiger charge is 2.24. The van der Waals surface area contributed by atoms with E-state index in [9.17, 15) is 0 Å². The average Bonchev–Trinajstić information content (AvgIpc) is 2.67. The third-order valence-corrected chi connectivity index (χ3v) is 6.45. The minimum absolute atomic E-state index is 0.177. The van der Waals surface area contributed by atoms with Crippen molar-refractivity contribution in [2.75, 3.05) is 32.4 Å². The third kappa shape index (κ3) is 6.51. The number of rotatable bonds is 7. The van der Waals surface area contributed by atoms with Crippen molar-refractivity contribution in [3.8, 4) is 0 Å². The maximum absolute atomic E-state index is 4.81. The Morgan fingerprint density at radius 3 is 2.50 bits per heavy atom. The summed E-state index contributed by atoms with van der Waals surface area (Å²) in [7, 11) is 0. The summed E-state index contributed by atoms with van der Waals surface area (Å²) in [4.78, 5) is 7.40. The SMILES string of the molecule is CCNC(=NCC(C)(C)SC)NC1CCN(C(C)c2ccccc2)CC1. The fourth-order valence-corrected chi connectivity index (χ4v) is 3.41. The van der Waals surface area contributed by atoms with Gasteiger partial charge < -0.3 is 10.6 Å². The number of benzene rings is 1. The van der Waals surface area contributed by atoms with Crippen molar-refractivity contribution in [3.05, 3.63) is 35.9 Å². The van der Waals surface area contributed by atoms with E-state index in [-0.39, 0.29) is 4.75 Å². The summed E-state index contributed by atoms with van der Waals surface area (Å²) in [6, 6.07) is 11.8. The number of hydrogen-bond donors (Lipinski definition) is 2. The van der Waals surface area contributed by atoms with Gasteiger partial charge in [-0.1, -0.05) is 30.3 Å². The van der Waals surface area contributed by atoms with Crippen LogP contribution in [0, 0.1) is 0 Å². The van der Waals surface area contributed by atoms with Crippen LogP contribution in [0.1, 0.15) is 52.1 Å². The number of hydrogen-bond acceptors (Lipinski definition) is 3. The number of piperidine rings is 1. The largest absolute Gasteiger partial charge is 0.357 e. The summed E-state index contributed by atoms with van der Waals surface area (Å²) in [5.74, 6) is 0.962. The highest BCUT2D eigenvalue weighted by molar-refractivity contribution is 7.99. The lowest BCUT2D eigenvalue weighted by Crippen LogP contribution is -2.49. The third-order valence-electron chi connectivity index (χ3n) is 5.21. The highest BCUT2D eigenvalue weighted by atomic mass is 32.2. The van der Waals surface area contributed by atoms with Crippen LogP contribution in [0.2, 0.25) is 0 Å². The van der Waals surface area contributed by atoms with Gasteiger partial charge in [-0.25, -0.2) is 0 Å². The van der Waals surface area contributed by atoms with Gasteiger partial charge in [0.15, 0.2) is 5.96 Å². The highest BCUT2D eigenvalue weighted by Crippen LogP contribution is 2.24. The van der Waals surface area contributed by atoms with E-state index in [0.717, 1.165) is 45.0 Å². The van der Waals surface area contributed by atoms with E-state index >= 15 is 0 Å². The van der Waals surface area contributed by atoms with Crippen LogP contribution in [0.25, 0.3) is 0 Å². The first-order valence-electron chi connectivity index (χ1n) is 9.84. The van der Waals surface area contributed by atoms with Gasteiger partial charge in [-0.2, -0.15) is 11.8 Å². The molecule has 0 aliphatic carbocycles. The van der Waals surface area contributed by atoms with Gasteiger partial charge in [-0.15, -0.1) is 0 Å². The summed E-state index contributed by atoms with van der Waals surface area (Å²) in [6.45, 7) is 12.9. The van der Waals surface area contributed by atoms with Crippen LogP contribution in [-0.2, 0) is 0 Å². The van der Waals surface area contributed by atoms with Crippen LogP contribution in [0.3, 0.4) is 0 Å². The van der Waals surface area contributed by atoms with E-state index in [4.69, 9.17) is 4.99 Å². The predicted molar refractivity (Wildman–Crippen MR) is 116 cm³/mol. The van der Waals surface area contributed by atoms with E-state index < -0.39 is 0 Å². The smallest absolute Gasteiger partial charge is 0.191 e. The summed E-state index contributed by atoms with van der Waals surface area (Å²) < 4.78 is 0.177. The first-order valence-corrected chi connectivity index (χ1v) is 11.1. The summed E-state index contributed by atoms with van der Waals surface area (Å²) in [6.07, 6.45) is 4.47. The van der Waals surface area contributed by atoms with Gasteiger partial charge in [0.1, 0.15) is 0 Å². The van der Waals surface area contributed by atoms with Gasteiger partial charge in [-0.05, 0) is 52.4 Å². The van der Waals surface area contributed by atoms with Crippen molar-refractivity contribution in [2.45, 2.75) is 57.4 Å². The molecule has 146 valence electrons. The fraction of sp³-hybridized carbons (Fsp3) is 0.667. The molecule has 1 aliphatic heterocycles. The Bertz CT molecular complexity index is 550. The van der Waals surface area contributed by atoms with Crippen molar-refractivity contribution < 1.29 is 0 Å². The zero-order valence-corrected chi connectivity index (χ0v) is 17.9. The number of nitrogens with zero attached hydrogens (tertiary/aromatic N) is 2. The molecule has 1 aromatic rings. The molecule has 0 radical (unpaired) electrons. The van der Waals surface area contributed by atoms with Crippen molar-refractivity contribution in [2.24, 2.45) is 4.99 Å². The molecule has 5 heteroatoms. The lowest BCUT2D eigenvalue weighted by Gasteiger charge is -2.37. The number of likely N-dealkylation sites (tertiary alicyclic amines) is 1. The lowest BCUT2D eigenvalue weighted by atomic mass is 10.0. The first kappa shape index (κ1) is 21.1. The minimum atomic E-state index is 0.177. The van der Waals surface area contributed by atoms with E-state index in [0.29, 0.717) is 12.1 Å². The molecule has 26 heavy (non-hydrogen) atoms. The molecule has 1 aromatic carbocycles. The Balaban J connectivity index is 1.86.